The standard InChI is InChI=1S/C19H21ClN2O5S/c20-15-4-7-18(22-9-11-27-12-10-22)17(13-15)21-28(25,26)16-5-1-14(2-6-16)3-8-19(23)24/h1-2,4-7,13,21H,3,8-12H2,(H,23,24). The fraction of sp³-hybridized carbons (Fsp3) is 0.316. The molecule has 1 fully saturated rings. The summed E-state index contributed by atoms with van der Waals surface area (Å²) in [6, 6.07) is 11.3. The second-order valence-corrected chi connectivity index (χ2v) is 8.52. The maximum atomic E-state index is 12.8. The third-order valence-electron chi connectivity index (χ3n) is 4.42. The zero-order valence-electron chi connectivity index (χ0n) is 15.1. The number of hydrogen-bond acceptors (Lipinski definition) is 5. The predicted molar refractivity (Wildman–Crippen MR) is 108 cm³/mol. The Hall–Kier alpha value is -2.29. The highest BCUT2D eigenvalue weighted by Gasteiger charge is 2.20. The van der Waals surface area contributed by atoms with Crippen molar-refractivity contribution in [2.24, 2.45) is 0 Å². The fourth-order valence-corrected chi connectivity index (χ4v) is 4.20. The van der Waals surface area contributed by atoms with Crippen molar-refractivity contribution >= 4 is 39.0 Å². The molecule has 28 heavy (non-hydrogen) atoms. The van der Waals surface area contributed by atoms with Gasteiger partial charge in [-0.3, -0.25) is 9.52 Å². The van der Waals surface area contributed by atoms with Crippen LogP contribution in [0.2, 0.25) is 5.02 Å². The number of sulfonamides is 1. The van der Waals surface area contributed by atoms with Crippen molar-refractivity contribution in [3.05, 3.63) is 53.1 Å². The van der Waals surface area contributed by atoms with E-state index in [2.05, 4.69) is 4.72 Å². The number of nitrogens with zero attached hydrogens (tertiary/aromatic N) is 1. The molecule has 3 rings (SSSR count). The van der Waals surface area contributed by atoms with Crippen molar-refractivity contribution < 1.29 is 23.1 Å². The molecule has 0 aromatic heterocycles. The van der Waals surface area contributed by atoms with Gasteiger partial charge in [-0.25, -0.2) is 8.42 Å². The van der Waals surface area contributed by atoms with Crippen LogP contribution in [-0.4, -0.2) is 45.8 Å². The number of carboxylic acids is 1. The number of aryl methyl sites for hydroxylation is 1. The second kappa shape index (κ2) is 8.81. The van der Waals surface area contributed by atoms with Crippen LogP contribution in [-0.2, 0) is 26.0 Å². The third-order valence-corrected chi connectivity index (χ3v) is 6.03. The average Bonchev–Trinajstić information content (AvgIpc) is 2.67. The molecule has 1 saturated heterocycles. The molecule has 9 heteroatoms. The minimum atomic E-state index is -3.82. The number of nitrogens with one attached hydrogen (secondary N) is 1. The van der Waals surface area contributed by atoms with Crippen molar-refractivity contribution in [1.29, 1.82) is 0 Å². The molecule has 0 amide bonds. The van der Waals surface area contributed by atoms with Gasteiger partial charge in [0.15, 0.2) is 0 Å². The zero-order valence-corrected chi connectivity index (χ0v) is 16.7. The van der Waals surface area contributed by atoms with E-state index >= 15 is 0 Å². The number of hydrogen-bond donors (Lipinski definition) is 2. The Balaban J connectivity index is 1.82. The van der Waals surface area contributed by atoms with Gasteiger partial charge in [-0.05, 0) is 42.3 Å². The van der Waals surface area contributed by atoms with E-state index in [4.69, 9.17) is 21.4 Å². The van der Waals surface area contributed by atoms with Crippen molar-refractivity contribution in [3.63, 3.8) is 0 Å². The number of carbonyl (C=O) groups is 1. The SMILES string of the molecule is O=C(O)CCc1ccc(S(=O)(=O)Nc2cc(Cl)ccc2N2CCOCC2)cc1. The van der Waals surface area contributed by atoms with Gasteiger partial charge in [0.25, 0.3) is 10.0 Å². The van der Waals surface area contributed by atoms with E-state index in [1.54, 1.807) is 30.3 Å². The minimum absolute atomic E-state index is 0.00420. The summed E-state index contributed by atoms with van der Waals surface area (Å²) >= 11 is 6.09. The van der Waals surface area contributed by atoms with Crippen LogP contribution in [0, 0.1) is 0 Å². The Bertz CT molecular complexity index is 941. The molecule has 0 bridgehead atoms. The highest BCUT2D eigenvalue weighted by molar-refractivity contribution is 7.92. The molecule has 0 radical (unpaired) electrons. The summed E-state index contributed by atoms with van der Waals surface area (Å²) in [6.45, 7) is 2.47. The molecule has 1 heterocycles. The summed E-state index contributed by atoms with van der Waals surface area (Å²) < 4.78 is 33.6. The van der Waals surface area contributed by atoms with Gasteiger partial charge in [-0.2, -0.15) is 0 Å². The molecule has 0 spiro atoms. The maximum Gasteiger partial charge on any atom is 0.303 e. The van der Waals surface area contributed by atoms with E-state index in [0.29, 0.717) is 43.4 Å². The largest absolute Gasteiger partial charge is 0.481 e. The molecule has 2 N–H and O–H groups in total. The molecule has 0 atom stereocenters. The summed E-state index contributed by atoms with van der Waals surface area (Å²) in [5.41, 5.74) is 1.91. The topological polar surface area (TPSA) is 95.9 Å². The van der Waals surface area contributed by atoms with Crippen molar-refractivity contribution in [2.75, 3.05) is 35.9 Å². The van der Waals surface area contributed by atoms with Crippen LogP contribution in [0.4, 0.5) is 11.4 Å². The number of anilines is 2. The summed E-state index contributed by atoms with van der Waals surface area (Å²) in [5, 5.41) is 9.18. The number of ether oxygens (including phenoxy) is 1. The summed E-state index contributed by atoms with van der Waals surface area (Å²) in [7, 11) is -3.82. The first-order chi connectivity index (χ1) is 13.3. The Morgan fingerprint density at radius 2 is 1.82 bits per heavy atom. The Labute approximate surface area is 168 Å². The first kappa shape index (κ1) is 20.4. The first-order valence-electron chi connectivity index (χ1n) is 8.81. The van der Waals surface area contributed by atoms with Gasteiger partial charge >= 0.3 is 5.97 Å². The number of morpholine rings is 1. The molecule has 2 aromatic rings. The summed E-state index contributed by atoms with van der Waals surface area (Å²) in [5.74, 6) is -0.894. The van der Waals surface area contributed by atoms with Gasteiger partial charge in [0, 0.05) is 24.5 Å². The minimum Gasteiger partial charge on any atom is -0.481 e. The molecular weight excluding hydrogens is 404 g/mol. The van der Waals surface area contributed by atoms with Crippen molar-refractivity contribution in [3.8, 4) is 0 Å². The van der Waals surface area contributed by atoms with E-state index in [1.165, 1.54) is 12.1 Å². The maximum absolute atomic E-state index is 12.8. The number of rotatable bonds is 7. The van der Waals surface area contributed by atoms with Crippen LogP contribution in [0.1, 0.15) is 12.0 Å². The molecule has 1 aliphatic rings. The monoisotopic (exact) mass is 424 g/mol. The van der Waals surface area contributed by atoms with Crippen LogP contribution >= 0.6 is 11.6 Å². The van der Waals surface area contributed by atoms with E-state index in [0.717, 1.165) is 11.3 Å². The van der Waals surface area contributed by atoms with Gasteiger partial charge in [0.05, 0.1) is 29.5 Å². The van der Waals surface area contributed by atoms with Gasteiger partial charge < -0.3 is 14.7 Å². The molecule has 150 valence electrons. The molecule has 2 aromatic carbocycles. The number of halogens is 1. The van der Waals surface area contributed by atoms with Gasteiger partial charge in [0.1, 0.15) is 0 Å². The van der Waals surface area contributed by atoms with Crippen molar-refractivity contribution in [2.45, 2.75) is 17.7 Å². The van der Waals surface area contributed by atoms with Crippen LogP contribution in [0.3, 0.4) is 0 Å². The zero-order chi connectivity index (χ0) is 20.1. The molecule has 7 nitrogen and oxygen atoms in total. The Morgan fingerprint density at radius 1 is 1.14 bits per heavy atom. The van der Waals surface area contributed by atoms with Crippen LogP contribution in [0.15, 0.2) is 47.4 Å². The average molecular weight is 425 g/mol. The molecule has 0 saturated carbocycles. The normalized spacial score (nSPS) is 14.7. The smallest absolute Gasteiger partial charge is 0.303 e. The Morgan fingerprint density at radius 3 is 2.46 bits per heavy atom. The lowest BCUT2D eigenvalue weighted by Gasteiger charge is -2.30. The van der Waals surface area contributed by atoms with Crippen molar-refractivity contribution in [1.82, 2.24) is 0 Å². The summed E-state index contributed by atoms with van der Waals surface area (Å²) in [4.78, 5) is 12.8. The quantitative estimate of drug-likeness (QED) is 0.709. The lowest BCUT2D eigenvalue weighted by atomic mass is 10.1. The highest BCUT2D eigenvalue weighted by Crippen LogP contribution is 2.31. The van der Waals surface area contributed by atoms with E-state index < -0.39 is 16.0 Å². The van der Waals surface area contributed by atoms with E-state index in [9.17, 15) is 13.2 Å². The molecule has 0 aliphatic carbocycles. The lowest BCUT2D eigenvalue weighted by Crippen LogP contribution is -2.36. The van der Waals surface area contributed by atoms with Crippen LogP contribution < -0.4 is 9.62 Å². The molecular formula is C19H21ClN2O5S. The third kappa shape index (κ3) is 5.15. The fourth-order valence-electron chi connectivity index (χ4n) is 2.96. The van der Waals surface area contributed by atoms with Gasteiger partial charge in [0.2, 0.25) is 0 Å². The van der Waals surface area contributed by atoms with Crippen LogP contribution in [0.25, 0.3) is 0 Å². The van der Waals surface area contributed by atoms with Gasteiger partial charge in [-0.15, -0.1) is 0 Å². The number of aliphatic carboxylic acids is 1. The summed E-state index contributed by atoms with van der Waals surface area (Å²) in [6.07, 6.45) is 0.342. The molecule has 1 aliphatic heterocycles. The number of carboxylic acid groups (broad SMARTS) is 1. The molecule has 0 unspecified atom stereocenters. The first-order valence-corrected chi connectivity index (χ1v) is 10.7. The highest BCUT2D eigenvalue weighted by atomic mass is 35.5. The number of benzene rings is 2. The lowest BCUT2D eigenvalue weighted by molar-refractivity contribution is -0.136. The van der Waals surface area contributed by atoms with Gasteiger partial charge in [-0.1, -0.05) is 23.7 Å². The van der Waals surface area contributed by atoms with E-state index in [1.807, 2.05) is 4.90 Å². The van der Waals surface area contributed by atoms with E-state index in [-0.39, 0.29) is 11.3 Å². The second-order valence-electron chi connectivity index (χ2n) is 6.40. The predicted octanol–water partition coefficient (Wildman–Crippen LogP) is 2.99. The Kier molecular flexibility index (Phi) is 6.43. The van der Waals surface area contributed by atoms with Crippen LogP contribution in [0.5, 0.6) is 0 Å².